The van der Waals surface area contributed by atoms with Crippen molar-refractivity contribution in [1.29, 1.82) is 0 Å². The van der Waals surface area contributed by atoms with Crippen LogP contribution >= 0.6 is 0 Å². The molecule has 14 heavy (non-hydrogen) atoms. The number of hydrogen-bond donors (Lipinski definition) is 1. The van der Waals surface area contributed by atoms with Gasteiger partial charge in [-0.25, -0.2) is 0 Å². The lowest BCUT2D eigenvalue weighted by Gasteiger charge is -2.50. The summed E-state index contributed by atoms with van der Waals surface area (Å²) in [6.45, 7) is 0.941. The first-order valence-corrected chi connectivity index (χ1v) is 6.18. The summed E-state index contributed by atoms with van der Waals surface area (Å²) in [5, 5.41) is 9.51. The molecule has 0 aromatic heterocycles. The Hall–Kier alpha value is -0.170. The fourth-order valence-corrected chi connectivity index (χ4v) is 3.46. The normalized spacial score (nSPS) is 38.4. The molecule has 2 aliphatic heterocycles. The summed E-state index contributed by atoms with van der Waals surface area (Å²) in [4.78, 5) is 0. The van der Waals surface area contributed by atoms with Gasteiger partial charge in [0.2, 0.25) is 0 Å². The Bertz CT molecular complexity index is 315. The van der Waals surface area contributed by atoms with E-state index in [9.17, 15) is 13.5 Å². The third-order valence-corrected chi connectivity index (χ3v) is 5.11. The van der Waals surface area contributed by atoms with Gasteiger partial charge in [0.1, 0.15) is 0 Å². The lowest BCUT2D eigenvalue weighted by atomic mass is 9.69. The lowest BCUT2D eigenvalue weighted by Crippen LogP contribution is -2.60. The van der Waals surface area contributed by atoms with E-state index < -0.39 is 10.2 Å². The molecule has 1 aliphatic carbocycles. The molecule has 0 amide bonds. The zero-order chi connectivity index (χ0) is 10.5. The van der Waals surface area contributed by atoms with Gasteiger partial charge in [-0.15, -0.1) is 0 Å². The van der Waals surface area contributed by atoms with E-state index in [1.807, 2.05) is 0 Å². The Labute approximate surface area is 84.5 Å². The summed E-state index contributed by atoms with van der Waals surface area (Å²) < 4.78 is 26.2. The standard InChI is InChI=1S/C8H16N2O3S/c1-9(2)14(12,13)10-4-6-3-7(5-10)8(6)11/h6-8,11H,3-5H2,1-2H3/t6-,7+,8?. The fraction of sp³-hybridized carbons (Fsp3) is 1.00. The van der Waals surface area contributed by atoms with Crippen LogP contribution in [-0.4, -0.2) is 55.4 Å². The zero-order valence-corrected chi connectivity index (χ0v) is 9.24. The smallest absolute Gasteiger partial charge is 0.281 e. The van der Waals surface area contributed by atoms with E-state index in [1.165, 1.54) is 22.7 Å². The molecule has 1 unspecified atom stereocenters. The van der Waals surface area contributed by atoms with E-state index in [0.717, 1.165) is 6.42 Å². The van der Waals surface area contributed by atoms with Gasteiger partial charge in [-0.2, -0.15) is 17.0 Å². The third-order valence-electron chi connectivity index (χ3n) is 3.24. The van der Waals surface area contributed by atoms with Crippen molar-refractivity contribution in [3.8, 4) is 0 Å². The largest absolute Gasteiger partial charge is 0.392 e. The zero-order valence-electron chi connectivity index (χ0n) is 8.42. The fourth-order valence-electron chi connectivity index (χ4n) is 2.24. The Kier molecular flexibility index (Phi) is 2.34. The average Bonchev–Trinajstić information content (AvgIpc) is 2.17. The second kappa shape index (κ2) is 3.16. The van der Waals surface area contributed by atoms with Crippen molar-refractivity contribution in [3.63, 3.8) is 0 Å². The Balaban J connectivity index is 2.10. The van der Waals surface area contributed by atoms with Crippen molar-refractivity contribution in [2.45, 2.75) is 12.5 Å². The van der Waals surface area contributed by atoms with Gasteiger partial charge in [0.15, 0.2) is 0 Å². The average molecular weight is 220 g/mol. The number of hydrogen-bond acceptors (Lipinski definition) is 3. The molecule has 0 spiro atoms. The van der Waals surface area contributed by atoms with Crippen LogP contribution in [-0.2, 0) is 10.2 Å². The molecule has 1 saturated carbocycles. The van der Waals surface area contributed by atoms with Gasteiger partial charge in [-0.3, -0.25) is 0 Å². The van der Waals surface area contributed by atoms with Gasteiger partial charge in [0, 0.05) is 27.2 Å². The molecule has 2 bridgehead atoms. The van der Waals surface area contributed by atoms with Crippen LogP contribution in [0.5, 0.6) is 0 Å². The topological polar surface area (TPSA) is 60.9 Å². The summed E-state index contributed by atoms with van der Waals surface area (Å²) in [7, 11) is -0.203. The van der Waals surface area contributed by atoms with Gasteiger partial charge < -0.3 is 5.11 Å². The second-order valence-electron chi connectivity index (χ2n) is 4.35. The highest BCUT2D eigenvalue weighted by Crippen LogP contribution is 2.40. The number of rotatable bonds is 2. The van der Waals surface area contributed by atoms with Gasteiger partial charge in [0.05, 0.1) is 6.10 Å². The minimum absolute atomic E-state index is 0.156. The van der Waals surface area contributed by atoms with Crippen molar-refractivity contribution in [1.82, 2.24) is 8.61 Å². The van der Waals surface area contributed by atoms with Gasteiger partial charge in [-0.05, 0) is 18.3 Å². The molecule has 1 N–H and O–H groups in total. The molecule has 6 heteroatoms. The Morgan fingerprint density at radius 3 is 2.14 bits per heavy atom. The summed E-state index contributed by atoms with van der Waals surface area (Å²) in [6.07, 6.45) is 0.698. The maximum atomic E-state index is 11.7. The molecule has 2 heterocycles. The lowest BCUT2D eigenvalue weighted by molar-refractivity contribution is -0.0873. The van der Waals surface area contributed by atoms with Crippen LogP contribution in [0.1, 0.15) is 6.42 Å². The Morgan fingerprint density at radius 1 is 1.29 bits per heavy atom. The minimum Gasteiger partial charge on any atom is -0.392 e. The maximum absolute atomic E-state index is 11.7. The number of fused-ring (bicyclic) bond motifs is 2. The minimum atomic E-state index is -3.27. The summed E-state index contributed by atoms with van der Waals surface area (Å²) in [5.74, 6) is 0.312. The number of nitrogens with zero attached hydrogens (tertiary/aromatic N) is 2. The SMILES string of the molecule is CN(C)S(=O)(=O)N1C[C@H]2C[C@@H](C1)C2O. The van der Waals surface area contributed by atoms with Gasteiger partial charge in [0.25, 0.3) is 10.2 Å². The summed E-state index contributed by atoms with van der Waals surface area (Å²) >= 11 is 0. The van der Waals surface area contributed by atoms with Gasteiger partial charge in [-0.1, -0.05) is 0 Å². The van der Waals surface area contributed by atoms with Crippen LogP contribution < -0.4 is 0 Å². The highest BCUT2D eigenvalue weighted by molar-refractivity contribution is 7.86. The van der Waals surface area contributed by atoms with Crippen LogP contribution in [0.2, 0.25) is 0 Å². The maximum Gasteiger partial charge on any atom is 0.281 e. The van der Waals surface area contributed by atoms with Crippen LogP contribution in [0.3, 0.4) is 0 Å². The van der Waals surface area contributed by atoms with E-state index in [-0.39, 0.29) is 17.9 Å². The molecule has 3 fully saturated rings. The van der Waals surface area contributed by atoms with Crippen LogP contribution in [0, 0.1) is 11.8 Å². The Morgan fingerprint density at radius 2 is 1.79 bits per heavy atom. The van der Waals surface area contributed by atoms with Crippen molar-refractivity contribution >= 4 is 10.2 Å². The highest BCUT2D eigenvalue weighted by Gasteiger charge is 2.48. The van der Waals surface area contributed by atoms with E-state index in [0.29, 0.717) is 13.1 Å². The van der Waals surface area contributed by atoms with Gasteiger partial charge >= 0.3 is 0 Å². The van der Waals surface area contributed by atoms with Crippen LogP contribution in [0.4, 0.5) is 0 Å². The van der Waals surface area contributed by atoms with E-state index in [2.05, 4.69) is 0 Å². The number of aliphatic hydroxyl groups is 1. The molecular weight excluding hydrogens is 204 g/mol. The predicted octanol–water partition coefficient (Wildman–Crippen LogP) is -0.895. The number of piperidine rings is 2. The molecular formula is C8H16N2O3S. The van der Waals surface area contributed by atoms with E-state index in [1.54, 1.807) is 0 Å². The first-order chi connectivity index (χ1) is 6.43. The molecule has 2 saturated heterocycles. The van der Waals surface area contributed by atoms with Crippen molar-refractivity contribution in [2.75, 3.05) is 27.2 Å². The highest BCUT2D eigenvalue weighted by atomic mass is 32.2. The molecule has 0 radical (unpaired) electrons. The quantitative estimate of drug-likeness (QED) is 0.656. The van der Waals surface area contributed by atoms with Crippen molar-refractivity contribution in [3.05, 3.63) is 0 Å². The van der Waals surface area contributed by atoms with E-state index in [4.69, 9.17) is 0 Å². The van der Waals surface area contributed by atoms with Crippen molar-refractivity contribution in [2.24, 2.45) is 11.8 Å². The molecule has 3 atom stereocenters. The first kappa shape index (κ1) is 10.4. The van der Waals surface area contributed by atoms with Crippen LogP contribution in [0.15, 0.2) is 0 Å². The monoisotopic (exact) mass is 220 g/mol. The molecule has 3 rings (SSSR count). The van der Waals surface area contributed by atoms with E-state index >= 15 is 0 Å². The van der Waals surface area contributed by atoms with Crippen LogP contribution in [0.25, 0.3) is 0 Å². The first-order valence-electron chi connectivity index (χ1n) is 4.78. The third kappa shape index (κ3) is 1.37. The molecule has 5 nitrogen and oxygen atoms in total. The number of aliphatic hydroxyl groups excluding tert-OH is 1. The molecule has 0 aromatic carbocycles. The molecule has 82 valence electrons. The second-order valence-corrected chi connectivity index (χ2v) is 6.50. The predicted molar refractivity (Wildman–Crippen MR) is 51.8 cm³/mol. The van der Waals surface area contributed by atoms with Crippen molar-refractivity contribution < 1.29 is 13.5 Å². The molecule has 3 aliphatic rings. The molecule has 0 aromatic rings. The summed E-state index contributed by atoms with van der Waals surface area (Å²) in [5.41, 5.74) is 0. The summed E-state index contributed by atoms with van der Waals surface area (Å²) in [6, 6.07) is 0.